The van der Waals surface area contributed by atoms with Gasteiger partial charge in [-0.3, -0.25) is 9.69 Å². The molecule has 1 aliphatic heterocycles. The van der Waals surface area contributed by atoms with Crippen molar-refractivity contribution in [2.24, 2.45) is 0 Å². The summed E-state index contributed by atoms with van der Waals surface area (Å²) in [7, 11) is 1.59. The van der Waals surface area contributed by atoms with E-state index in [4.69, 9.17) is 14.5 Å². The van der Waals surface area contributed by atoms with Gasteiger partial charge in [-0.05, 0) is 32.0 Å². The van der Waals surface area contributed by atoms with Crippen molar-refractivity contribution in [3.05, 3.63) is 65.2 Å². The SMILES string of the molecule is COc1cc(C(=O)N2CCN(Cc3csc(-c4ccccc4)n3)CC2)ccc1OC(C)C. The van der Waals surface area contributed by atoms with Gasteiger partial charge in [-0.15, -0.1) is 11.3 Å². The van der Waals surface area contributed by atoms with E-state index < -0.39 is 0 Å². The van der Waals surface area contributed by atoms with Gasteiger partial charge in [0, 0.05) is 49.2 Å². The molecule has 3 aromatic rings. The molecule has 1 aliphatic rings. The summed E-state index contributed by atoms with van der Waals surface area (Å²) in [6.45, 7) is 7.78. The number of methoxy groups -OCH3 is 1. The second kappa shape index (κ2) is 10.1. The summed E-state index contributed by atoms with van der Waals surface area (Å²) in [5.41, 5.74) is 2.86. The number of ether oxygens (including phenoxy) is 2. The van der Waals surface area contributed by atoms with Gasteiger partial charge in [0.25, 0.3) is 5.91 Å². The summed E-state index contributed by atoms with van der Waals surface area (Å²) in [6, 6.07) is 15.7. The van der Waals surface area contributed by atoms with Crippen molar-refractivity contribution in [3.8, 4) is 22.1 Å². The van der Waals surface area contributed by atoms with E-state index >= 15 is 0 Å². The molecular formula is C25H29N3O3S. The predicted molar refractivity (Wildman–Crippen MR) is 127 cm³/mol. The molecule has 7 heteroatoms. The van der Waals surface area contributed by atoms with Gasteiger partial charge in [0.05, 0.1) is 18.9 Å². The molecule has 6 nitrogen and oxygen atoms in total. The van der Waals surface area contributed by atoms with Gasteiger partial charge in [0.1, 0.15) is 5.01 Å². The van der Waals surface area contributed by atoms with E-state index in [-0.39, 0.29) is 12.0 Å². The Morgan fingerprint density at radius 1 is 1.06 bits per heavy atom. The van der Waals surface area contributed by atoms with Crippen molar-refractivity contribution in [3.63, 3.8) is 0 Å². The third-order valence-corrected chi connectivity index (χ3v) is 6.33. The first kappa shape index (κ1) is 22.3. The first-order chi connectivity index (χ1) is 15.5. The fourth-order valence-corrected chi connectivity index (χ4v) is 4.58. The highest BCUT2D eigenvalue weighted by atomic mass is 32.1. The van der Waals surface area contributed by atoms with Crippen molar-refractivity contribution >= 4 is 17.2 Å². The second-order valence-corrected chi connectivity index (χ2v) is 8.97. The normalized spacial score (nSPS) is 14.6. The topological polar surface area (TPSA) is 54.9 Å². The summed E-state index contributed by atoms with van der Waals surface area (Å²) in [6.07, 6.45) is 0.0417. The molecule has 0 atom stereocenters. The highest BCUT2D eigenvalue weighted by molar-refractivity contribution is 7.13. The molecule has 1 amide bonds. The molecule has 1 fully saturated rings. The maximum absolute atomic E-state index is 13.0. The van der Waals surface area contributed by atoms with Crippen LogP contribution >= 0.6 is 11.3 Å². The largest absolute Gasteiger partial charge is 0.493 e. The number of carbonyl (C=O) groups excluding carboxylic acids is 1. The minimum absolute atomic E-state index is 0.0269. The molecule has 0 bridgehead atoms. The lowest BCUT2D eigenvalue weighted by molar-refractivity contribution is 0.0627. The van der Waals surface area contributed by atoms with Crippen molar-refractivity contribution in [2.45, 2.75) is 26.5 Å². The second-order valence-electron chi connectivity index (χ2n) is 8.11. The highest BCUT2D eigenvalue weighted by Crippen LogP contribution is 2.30. The lowest BCUT2D eigenvalue weighted by atomic mass is 10.1. The number of aromatic nitrogens is 1. The predicted octanol–water partition coefficient (Wildman–Crippen LogP) is 4.56. The number of benzene rings is 2. The maximum Gasteiger partial charge on any atom is 0.254 e. The molecule has 0 N–H and O–H groups in total. The van der Waals surface area contributed by atoms with Gasteiger partial charge in [-0.1, -0.05) is 30.3 Å². The summed E-state index contributed by atoms with van der Waals surface area (Å²) in [5, 5.41) is 3.18. The lowest BCUT2D eigenvalue weighted by Gasteiger charge is -2.34. The molecular weight excluding hydrogens is 422 g/mol. The third-order valence-electron chi connectivity index (χ3n) is 5.39. The van der Waals surface area contributed by atoms with E-state index in [2.05, 4.69) is 22.4 Å². The Morgan fingerprint density at radius 2 is 1.81 bits per heavy atom. The summed E-state index contributed by atoms with van der Waals surface area (Å²) < 4.78 is 11.2. The number of rotatable bonds is 7. The molecule has 0 radical (unpaired) electrons. The molecule has 2 aromatic carbocycles. The van der Waals surface area contributed by atoms with E-state index in [9.17, 15) is 4.79 Å². The molecule has 0 saturated carbocycles. The number of piperazine rings is 1. The van der Waals surface area contributed by atoms with Gasteiger partial charge >= 0.3 is 0 Å². The average Bonchev–Trinajstić information content (AvgIpc) is 3.28. The van der Waals surface area contributed by atoms with Gasteiger partial charge in [-0.25, -0.2) is 4.98 Å². The number of hydrogen-bond acceptors (Lipinski definition) is 6. The van der Waals surface area contributed by atoms with Crippen molar-refractivity contribution in [2.75, 3.05) is 33.3 Å². The van der Waals surface area contributed by atoms with E-state index in [0.29, 0.717) is 30.2 Å². The Bertz CT molecular complexity index is 1040. The molecule has 1 saturated heterocycles. The fourth-order valence-electron chi connectivity index (χ4n) is 3.77. The first-order valence-electron chi connectivity index (χ1n) is 10.9. The third kappa shape index (κ3) is 5.29. The first-order valence-corrected chi connectivity index (χ1v) is 11.8. The summed E-state index contributed by atoms with van der Waals surface area (Å²) in [4.78, 5) is 22.1. The Kier molecular flexibility index (Phi) is 7.07. The summed E-state index contributed by atoms with van der Waals surface area (Å²) in [5.74, 6) is 1.27. The van der Waals surface area contributed by atoms with E-state index in [1.54, 1.807) is 24.5 Å². The molecule has 168 valence electrons. The van der Waals surface area contributed by atoms with Crippen molar-refractivity contribution < 1.29 is 14.3 Å². The number of nitrogens with zero attached hydrogens (tertiary/aromatic N) is 3. The van der Waals surface area contributed by atoms with Crippen LogP contribution in [-0.4, -0.2) is 60.1 Å². The van der Waals surface area contributed by atoms with Crippen molar-refractivity contribution in [1.82, 2.24) is 14.8 Å². The van der Waals surface area contributed by atoms with Crippen molar-refractivity contribution in [1.29, 1.82) is 0 Å². The average molecular weight is 452 g/mol. The van der Waals surface area contributed by atoms with Crippen LogP contribution in [-0.2, 0) is 6.54 Å². The van der Waals surface area contributed by atoms with Crippen LogP contribution in [0.15, 0.2) is 53.9 Å². The zero-order valence-corrected chi connectivity index (χ0v) is 19.6. The van der Waals surface area contributed by atoms with Crippen LogP contribution < -0.4 is 9.47 Å². The number of amides is 1. The van der Waals surface area contributed by atoms with Crippen LogP contribution in [0, 0.1) is 0 Å². The zero-order chi connectivity index (χ0) is 22.5. The smallest absolute Gasteiger partial charge is 0.254 e. The molecule has 32 heavy (non-hydrogen) atoms. The molecule has 0 aliphatic carbocycles. The van der Waals surface area contributed by atoms with Crippen LogP contribution in [0.4, 0.5) is 0 Å². The minimum Gasteiger partial charge on any atom is -0.493 e. The Morgan fingerprint density at radius 3 is 2.50 bits per heavy atom. The number of carbonyl (C=O) groups is 1. The molecule has 2 heterocycles. The van der Waals surface area contributed by atoms with Gasteiger partial charge in [-0.2, -0.15) is 0 Å². The van der Waals surface area contributed by atoms with Gasteiger partial charge < -0.3 is 14.4 Å². The zero-order valence-electron chi connectivity index (χ0n) is 18.8. The van der Waals surface area contributed by atoms with Gasteiger partial charge in [0.15, 0.2) is 11.5 Å². The molecule has 0 spiro atoms. The monoisotopic (exact) mass is 451 g/mol. The van der Waals surface area contributed by atoms with Gasteiger partial charge in [0.2, 0.25) is 0 Å². The van der Waals surface area contributed by atoms with E-state index in [1.807, 2.05) is 49.1 Å². The minimum atomic E-state index is 0.0269. The summed E-state index contributed by atoms with van der Waals surface area (Å²) >= 11 is 1.68. The Balaban J connectivity index is 1.34. The molecule has 1 aromatic heterocycles. The van der Waals surface area contributed by atoms with Crippen LogP contribution in [0.25, 0.3) is 10.6 Å². The lowest BCUT2D eigenvalue weighted by Crippen LogP contribution is -2.48. The Labute approximate surface area is 193 Å². The standard InChI is InChI=1S/C25H29N3O3S/c1-18(2)31-22-10-9-20(15-23(22)30-3)25(29)28-13-11-27(12-14-28)16-21-17-32-24(26-21)19-7-5-4-6-8-19/h4-10,15,17-18H,11-14,16H2,1-3H3. The van der Waals surface area contributed by atoms with Crippen LogP contribution in [0.3, 0.4) is 0 Å². The fraction of sp³-hybridized carbons (Fsp3) is 0.360. The van der Waals surface area contributed by atoms with E-state index in [1.165, 1.54) is 0 Å². The van der Waals surface area contributed by atoms with Crippen LogP contribution in [0.5, 0.6) is 11.5 Å². The number of thiazole rings is 1. The molecule has 0 unspecified atom stereocenters. The quantitative estimate of drug-likeness (QED) is 0.527. The number of hydrogen-bond donors (Lipinski definition) is 0. The van der Waals surface area contributed by atoms with Crippen LogP contribution in [0.1, 0.15) is 29.9 Å². The van der Waals surface area contributed by atoms with E-state index in [0.717, 1.165) is 35.9 Å². The molecule has 4 rings (SSSR count). The maximum atomic E-state index is 13.0. The Hall–Kier alpha value is -2.90. The highest BCUT2D eigenvalue weighted by Gasteiger charge is 2.23. The van der Waals surface area contributed by atoms with Crippen LogP contribution in [0.2, 0.25) is 0 Å².